The molecule has 0 aliphatic rings. The second-order valence-corrected chi connectivity index (χ2v) is 6.33. The lowest BCUT2D eigenvalue weighted by molar-refractivity contribution is 0.234. The van der Waals surface area contributed by atoms with Gasteiger partial charge in [-0.15, -0.1) is 0 Å². The van der Waals surface area contributed by atoms with E-state index in [4.69, 9.17) is 0 Å². The summed E-state index contributed by atoms with van der Waals surface area (Å²) < 4.78 is 14.1. The molecule has 0 aliphatic heterocycles. The summed E-state index contributed by atoms with van der Waals surface area (Å²) in [6.45, 7) is 7.61. The van der Waals surface area contributed by atoms with Crippen LogP contribution in [0.3, 0.4) is 0 Å². The Balaban J connectivity index is 2.90. The molecule has 0 aliphatic carbocycles. The van der Waals surface area contributed by atoms with Crippen LogP contribution < -0.4 is 5.32 Å². The Labute approximate surface area is 112 Å². The van der Waals surface area contributed by atoms with E-state index in [2.05, 4.69) is 42.0 Å². The van der Waals surface area contributed by atoms with E-state index >= 15 is 0 Å². The summed E-state index contributed by atoms with van der Waals surface area (Å²) in [4.78, 5) is 0. The van der Waals surface area contributed by atoms with Crippen LogP contribution in [0.5, 0.6) is 0 Å². The minimum atomic E-state index is -0.181. The number of benzene rings is 1. The van der Waals surface area contributed by atoms with Crippen molar-refractivity contribution in [2.45, 2.75) is 27.2 Å². The average molecular weight is 302 g/mol. The highest BCUT2D eigenvalue weighted by Gasteiger charge is 2.25. The van der Waals surface area contributed by atoms with Gasteiger partial charge in [0.05, 0.1) is 4.47 Å². The van der Waals surface area contributed by atoms with Gasteiger partial charge in [-0.1, -0.05) is 32.9 Å². The van der Waals surface area contributed by atoms with Gasteiger partial charge in [-0.25, -0.2) is 4.39 Å². The molecule has 3 heteroatoms. The smallest absolute Gasteiger partial charge is 0.137 e. The zero-order valence-corrected chi connectivity index (χ0v) is 12.6. The zero-order chi connectivity index (χ0) is 13.1. The molecule has 0 spiro atoms. The quantitative estimate of drug-likeness (QED) is 0.886. The van der Waals surface area contributed by atoms with Crippen LogP contribution in [0.2, 0.25) is 0 Å². The molecule has 96 valence electrons. The maximum absolute atomic E-state index is 13.4. The minimum Gasteiger partial charge on any atom is -0.319 e. The lowest BCUT2D eigenvalue weighted by Crippen LogP contribution is -2.31. The summed E-state index contributed by atoms with van der Waals surface area (Å²) in [6.07, 6.45) is 0.878. The van der Waals surface area contributed by atoms with E-state index in [0.29, 0.717) is 10.4 Å². The monoisotopic (exact) mass is 301 g/mol. The summed E-state index contributed by atoms with van der Waals surface area (Å²) in [7, 11) is 1.96. The molecular formula is C14H21BrFN. The van der Waals surface area contributed by atoms with Gasteiger partial charge >= 0.3 is 0 Å². The molecule has 1 rings (SSSR count). The third kappa shape index (κ3) is 4.07. The molecule has 0 amide bonds. The van der Waals surface area contributed by atoms with Crippen LogP contribution in [-0.4, -0.2) is 13.6 Å². The van der Waals surface area contributed by atoms with E-state index < -0.39 is 0 Å². The van der Waals surface area contributed by atoms with Crippen LogP contribution in [0.4, 0.5) is 4.39 Å². The van der Waals surface area contributed by atoms with Crippen LogP contribution in [0.25, 0.3) is 0 Å². The van der Waals surface area contributed by atoms with Gasteiger partial charge in [-0.05, 0) is 58.9 Å². The molecular weight excluding hydrogens is 281 g/mol. The lowest BCUT2D eigenvalue weighted by Gasteiger charge is -2.31. The molecule has 0 fully saturated rings. The first-order chi connectivity index (χ1) is 7.86. The van der Waals surface area contributed by atoms with Gasteiger partial charge < -0.3 is 5.32 Å². The van der Waals surface area contributed by atoms with Crippen molar-refractivity contribution in [3.8, 4) is 0 Å². The number of hydrogen-bond donors (Lipinski definition) is 1. The molecule has 1 unspecified atom stereocenters. The molecule has 0 bridgehead atoms. The van der Waals surface area contributed by atoms with E-state index in [1.165, 1.54) is 6.07 Å². The minimum absolute atomic E-state index is 0.181. The topological polar surface area (TPSA) is 12.0 Å². The Morgan fingerprint density at radius 1 is 1.35 bits per heavy atom. The normalized spacial score (nSPS) is 13.8. The summed E-state index contributed by atoms with van der Waals surface area (Å²) >= 11 is 3.33. The Hall–Kier alpha value is -0.410. The van der Waals surface area contributed by atoms with Crippen molar-refractivity contribution in [2.75, 3.05) is 13.6 Å². The number of nitrogens with one attached hydrogen (secondary N) is 1. The maximum atomic E-state index is 13.4. The third-order valence-electron chi connectivity index (χ3n) is 3.17. The van der Waals surface area contributed by atoms with Crippen LogP contribution in [0.15, 0.2) is 22.7 Å². The van der Waals surface area contributed by atoms with E-state index in [0.717, 1.165) is 18.5 Å². The lowest BCUT2D eigenvalue weighted by atomic mass is 9.77. The number of hydrogen-bond acceptors (Lipinski definition) is 1. The van der Waals surface area contributed by atoms with E-state index in [9.17, 15) is 4.39 Å². The van der Waals surface area contributed by atoms with Gasteiger partial charge in [-0.2, -0.15) is 0 Å². The fraction of sp³-hybridized carbons (Fsp3) is 0.571. The first-order valence-corrected chi connectivity index (χ1v) is 6.73. The largest absolute Gasteiger partial charge is 0.319 e. The Morgan fingerprint density at radius 3 is 2.53 bits per heavy atom. The molecule has 1 aromatic carbocycles. The van der Waals surface area contributed by atoms with Gasteiger partial charge in [0.2, 0.25) is 0 Å². The van der Waals surface area contributed by atoms with Gasteiger partial charge in [0.25, 0.3) is 0 Å². The summed E-state index contributed by atoms with van der Waals surface area (Å²) in [5.74, 6) is 0.296. The fourth-order valence-electron chi connectivity index (χ4n) is 1.90. The highest BCUT2D eigenvalue weighted by Crippen LogP contribution is 2.31. The standard InChI is InChI=1S/C14H21BrFN/c1-14(2,3)11(9-17-4)8-10-6-5-7-12(16)13(10)15/h5-7,11,17H,8-9H2,1-4H3. The predicted molar refractivity (Wildman–Crippen MR) is 74.7 cm³/mol. The van der Waals surface area contributed by atoms with Crippen LogP contribution >= 0.6 is 15.9 Å². The third-order valence-corrected chi connectivity index (χ3v) is 4.06. The van der Waals surface area contributed by atoms with Crippen LogP contribution in [0.1, 0.15) is 26.3 Å². The SMILES string of the molecule is CNCC(Cc1cccc(F)c1Br)C(C)(C)C. The summed E-state index contributed by atoms with van der Waals surface area (Å²) in [5.41, 5.74) is 1.24. The molecule has 1 atom stereocenters. The van der Waals surface area contributed by atoms with Gasteiger partial charge in [0.1, 0.15) is 5.82 Å². The van der Waals surface area contributed by atoms with Gasteiger partial charge in [0.15, 0.2) is 0 Å². The van der Waals surface area contributed by atoms with E-state index in [1.54, 1.807) is 6.07 Å². The molecule has 1 aromatic rings. The maximum Gasteiger partial charge on any atom is 0.137 e. The summed E-state index contributed by atoms with van der Waals surface area (Å²) in [6, 6.07) is 5.24. The summed E-state index contributed by atoms with van der Waals surface area (Å²) in [5, 5.41) is 3.22. The molecule has 0 saturated heterocycles. The van der Waals surface area contributed by atoms with Crippen molar-refractivity contribution in [1.82, 2.24) is 5.32 Å². The van der Waals surface area contributed by atoms with Crippen molar-refractivity contribution in [3.05, 3.63) is 34.1 Å². The average Bonchev–Trinajstić information content (AvgIpc) is 2.22. The first kappa shape index (κ1) is 14.7. The van der Waals surface area contributed by atoms with Gasteiger partial charge in [-0.3, -0.25) is 0 Å². The second-order valence-electron chi connectivity index (χ2n) is 5.54. The Kier molecular flexibility index (Phi) is 5.14. The molecule has 0 radical (unpaired) electrons. The molecule has 0 heterocycles. The van der Waals surface area contributed by atoms with Gasteiger partial charge in [0, 0.05) is 0 Å². The van der Waals surface area contributed by atoms with Crippen LogP contribution in [-0.2, 0) is 6.42 Å². The van der Waals surface area contributed by atoms with Crippen molar-refractivity contribution in [3.63, 3.8) is 0 Å². The van der Waals surface area contributed by atoms with E-state index in [-0.39, 0.29) is 11.2 Å². The molecule has 0 saturated carbocycles. The Bertz CT molecular complexity index is 371. The van der Waals surface area contributed by atoms with Crippen molar-refractivity contribution >= 4 is 15.9 Å². The molecule has 0 aromatic heterocycles. The molecule has 1 nitrogen and oxygen atoms in total. The number of halogens is 2. The molecule has 1 N–H and O–H groups in total. The highest BCUT2D eigenvalue weighted by molar-refractivity contribution is 9.10. The first-order valence-electron chi connectivity index (χ1n) is 5.93. The van der Waals surface area contributed by atoms with Crippen molar-refractivity contribution in [2.24, 2.45) is 11.3 Å². The van der Waals surface area contributed by atoms with E-state index in [1.807, 2.05) is 13.1 Å². The fourth-order valence-corrected chi connectivity index (χ4v) is 2.33. The highest BCUT2D eigenvalue weighted by atomic mass is 79.9. The molecule has 17 heavy (non-hydrogen) atoms. The van der Waals surface area contributed by atoms with Crippen LogP contribution in [0, 0.1) is 17.2 Å². The number of rotatable bonds is 4. The van der Waals surface area contributed by atoms with Crippen molar-refractivity contribution < 1.29 is 4.39 Å². The predicted octanol–water partition coefficient (Wildman–Crippen LogP) is 4.01. The Morgan fingerprint density at radius 2 is 2.00 bits per heavy atom. The zero-order valence-electron chi connectivity index (χ0n) is 11.0. The van der Waals surface area contributed by atoms with Crippen molar-refractivity contribution in [1.29, 1.82) is 0 Å². The second kappa shape index (κ2) is 5.96.